The van der Waals surface area contributed by atoms with Crippen molar-refractivity contribution in [3.63, 3.8) is 0 Å². The lowest BCUT2D eigenvalue weighted by Crippen LogP contribution is -1.91. The van der Waals surface area contributed by atoms with E-state index < -0.39 is 0 Å². The molecular formula is C11H19Cl. The number of hydrogen-bond donors (Lipinski definition) is 0. The second kappa shape index (κ2) is 7.42. The summed E-state index contributed by atoms with van der Waals surface area (Å²) in [7, 11) is 0. The molecule has 70 valence electrons. The van der Waals surface area contributed by atoms with Crippen LogP contribution in [0.1, 0.15) is 40.0 Å². The average Bonchev–Trinajstić information content (AvgIpc) is 2.00. The minimum absolute atomic E-state index is 0.209. The zero-order chi connectivity index (χ0) is 9.40. The van der Waals surface area contributed by atoms with Gasteiger partial charge in [0.05, 0.1) is 5.38 Å². The molecule has 0 radical (unpaired) electrons. The van der Waals surface area contributed by atoms with E-state index in [1.54, 1.807) is 0 Å². The SMILES string of the molecule is CCCCC(Cl)/C=C/C=C(C)C. The van der Waals surface area contributed by atoms with Crippen LogP contribution in [0.2, 0.25) is 0 Å². The number of unbranched alkanes of at least 4 members (excludes halogenated alkanes) is 1. The largest absolute Gasteiger partial charge is 0.118 e. The first-order valence-corrected chi connectivity index (χ1v) is 5.06. The molecule has 0 bridgehead atoms. The Balaban J connectivity index is 3.60. The van der Waals surface area contributed by atoms with Gasteiger partial charge in [0.25, 0.3) is 0 Å². The fraction of sp³-hybridized carbons (Fsp3) is 0.636. The van der Waals surface area contributed by atoms with E-state index in [1.807, 2.05) is 6.08 Å². The minimum atomic E-state index is 0.209. The summed E-state index contributed by atoms with van der Waals surface area (Å²) in [6.45, 7) is 6.35. The van der Waals surface area contributed by atoms with Gasteiger partial charge < -0.3 is 0 Å². The highest BCUT2D eigenvalue weighted by Crippen LogP contribution is 2.08. The molecule has 1 heteroatoms. The summed E-state index contributed by atoms with van der Waals surface area (Å²) in [6, 6.07) is 0. The Hall–Kier alpha value is -0.230. The third-order valence-corrected chi connectivity index (χ3v) is 1.95. The lowest BCUT2D eigenvalue weighted by molar-refractivity contribution is 0.734. The molecule has 0 fully saturated rings. The van der Waals surface area contributed by atoms with Crippen molar-refractivity contribution in [3.8, 4) is 0 Å². The lowest BCUT2D eigenvalue weighted by Gasteiger charge is -2.00. The van der Waals surface area contributed by atoms with Gasteiger partial charge in [-0.3, -0.25) is 0 Å². The molecule has 0 rings (SSSR count). The van der Waals surface area contributed by atoms with Crippen LogP contribution in [0.25, 0.3) is 0 Å². The predicted molar refractivity (Wildman–Crippen MR) is 57.7 cm³/mol. The van der Waals surface area contributed by atoms with Gasteiger partial charge in [-0.15, -0.1) is 11.6 Å². The smallest absolute Gasteiger partial charge is 0.0519 e. The van der Waals surface area contributed by atoms with E-state index in [9.17, 15) is 0 Å². The molecule has 0 aliphatic heterocycles. The van der Waals surface area contributed by atoms with Crippen LogP contribution in [-0.2, 0) is 0 Å². The molecule has 0 N–H and O–H groups in total. The van der Waals surface area contributed by atoms with Crippen molar-refractivity contribution >= 4 is 11.6 Å². The Morgan fingerprint density at radius 1 is 1.42 bits per heavy atom. The zero-order valence-electron chi connectivity index (χ0n) is 8.31. The highest BCUT2D eigenvalue weighted by molar-refractivity contribution is 6.21. The Kier molecular flexibility index (Phi) is 7.28. The Labute approximate surface area is 81.3 Å². The first-order valence-electron chi connectivity index (χ1n) is 4.62. The molecule has 0 aromatic rings. The summed E-state index contributed by atoms with van der Waals surface area (Å²) in [4.78, 5) is 0. The summed E-state index contributed by atoms with van der Waals surface area (Å²) in [6.07, 6.45) is 9.71. The van der Waals surface area contributed by atoms with E-state index in [-0.39, 0.29) is 5.38 Å². The van der Waals surface area contributed by atoms with Crippen LogP contribution >= 0.6 is 11.6 Å². The van der Waals surface area contributed by atoms with E-state index in [2.05, 4.69) is 32.9 Å². The van der Waals surface area contributed by atoms with Gasteiger partial charge in [0, 0.05) is 0 Å². The molecule has 0 saturated carbocycles. The van der Waals surface area contributed by atoms with Crippen molar-refractivity contribution in [3.05, 3.63) is 23.8 Å². The Morgan fingerprint density at radius 2 is 2.08 bits per heavy atom. The van der Waals surface area contributed by atoms with Gasteiger partial charge in [-0.2, -0.15) is 0 Å². The monoisotopic (exact) mass is 186 g/mol. The normalized spacial score (nSPS) is 13.3. The van der Waals surface area contributed by atoms with Gasteiger partial charge in [0.15, 0.2) is 0 Å². The summed E-state index contributed by atoms with van der Waals surface area (Å²) < 4.78 is 0. The average molecular weight is 187 g/mol. The molecule has 0 amide bonds. The van der Waals surface area contributed by atoms with Gasteiger partial charge in [-0.1, -0.05) is 43.6 Å². The third-order valence-electron chi connectivity index (χ3n) is 1.58. The van der Waals surface area contributed by atoms with Gasteiger partial charge in [0.2, 0.25) is 0 Å². The molecule has 0 nitrogen and oxygen atoms in total. The number of halogens is 1. The number of alkyl halides is 1. The summed E-state index contributed by atoms with van der Waals surface area (Å²) in [5, 5.41) is 0.209. The van der Waals surface area contributed by atoms with Crippen molar-refractivity contribution in [1.29, 1.82) is 0 Å². The minimum Gasteiger partial charge on any atom is -0.118 e. The second-order valence-corrected chi connectivity index (χ2v) is 3.85. The van der Waals surface area contributed by atoms with Crippen LogP contribution in [0.4, 0.5) is 0 Å². The van der Waals surface area contributed by atoms with Crippen molar-refractivity contribution in [1.82, 2.24) is 0 Å². The van der Waals surface area contributed by atoms with E-state index >= 15 is 0 Å². The molecule has 0 aliphatic rings. The molecule has 0 saturated heterocycles. The molecule has 0 aromatic carbocycles. The van der Waals surface area contributed by atoms with Crippen molar-refractivity contribution < 1.29 is 0 Å². The zero-order valence-corrected chi connectivity index (χ0v) is 9.06. The van der Waals surface area contributed by atoms with Crippen molar-refractivity contribution in [2.24, 2.45) is 0 Å². The Morgan fingerprint density at radius 3 is 2.58 bits per heavy atom. The maximum atomic E-state index is 6.03. The van der Waals surface area contributed by atoms with Gasteiger partial charge >= 0.3 is 0 Å². The quantitative estimate of drug-likeness (QED) is 0.444. The summed E-state index contributed by atoms with van der Waals surface area (Å²) in [5.74, 6) is 0. The maximum Gasteiger partial charge on any atom is 0.0519 e. The third kappa shape index (κ3) is 7.87. The summed E-state index contributed by atoms with van der Waals surface area (Å²) in [5.41, 5.74) is 1.31. The molecule has 0 heterocycles. The molecular weight excluding hydrogens is 168 g/mol. The molecule has 0 aromatic heterocycles. The molecule has 0 aliphatic carbocycles. The molecule has 12 heavy (non-hydrogen) atoms. The van der Waals surface area contributed by atoms with E-state index in [0.717, 1.165) is 6.42 Å². The molecule has 1 unspecified atom stereocenters. The number of hydrogen-bond acceptors (Lipinski definition) is 0. The second-order valence-electron chi connectivity index (χ2n) is 3.29. The van der Waals surface area contributed by atoms with E-state index in [0.29, 0.717) is 0 Å². The van der Waals surface area contributed by atoms with Crippen molar-refractivity contribution in [2.45, 2.75) is 45.4 Å². The molecule has 0 spiro atoms. The predicted octanol–water partition coefficient (Wildman–Crippen LogP) is 4.31. The van der Waals surface area contributed by atoms with Crippen LogP contribution in [0, 0.1) is 0 Å². The number of rotatable bonds is 5. The standard InChI is InChI=1S/C11H19Cl/c1-4-5-8-11(12)9-6-7-10(2)3/h6-7,9,11H,4-5,8H2,1-3H3/b9-6+. The molecule has 1 atom stereocenters. The highest BCUT2D eigenvalue weighted by Gasteiger charge is 1.96. The van der Waals surface area contributed by atoms with Crippen LogP contribution in [0.5, 0.6) is 0 Å². The van der Waals surface area contributed by atoms with E-state index in [1.165, 1.54) is 18.4 Å². The van der Waals surface area contributed by atoms with E-state index in [4.69, 9.17) is 11.6 Å². The van der Waals surface area contributed by atoms with Gasteiger partial charge in [-0.05, 0) is 20.3 Å². The first-order chi connectivity index (χ1) is 5.66. The Bertz CT molecular complexity index is 152. The fourth-order valence-electron chi connectivity index (χ4n) is 0.864. The van der Waals surface area contributed by atoms with Gasteiger partial charge in [-0.25, -0.2) is 0 Å². The van der Waals surface area contributed by atoms with Crippen LogP contribution in [-0.4, -0.2) is 5.38 Å². The number of allylic oxidation sites excluding steroid dienone is 4. The summed E-state index contributed by atoms with van der Waals surface area (Å²) >= 11 is 6.03. The fourth-order valence-corrected chi connectivity index (χ4v) is 1.10. The maximum absolute atomic E-state index is 6.03. The van der Waals surface area contributed by atoms with Crippen LogP contribution < -0.4 is 0 Å². The first kappa shape index (κ1) is 11.8. The van der Waals surface area contributed by atoms with Gasteiger partial charge in [0.1, 0.15) is 0 Å². The van der Waals surface area contributed by atoms with Crippen LogP contribution in [0.15, 0.2) is 23.8 Å². The van der Waals surface area contributed by atoms with Crippen LogP contribution in [0.3, 0.4) is 0 Å². The lowest BCUT2D eigenvalue weighted by atomic mass is 10.2. The topological polar surface area (TPSA) is 0 Å². The highest BCUT2D eigenvalue weighted by atomic mass is 35.5. The van der Waals surface area contributed by atoms with Crippen molar-refractivity contribution in [2.75, 3.05) is 0 Å².